The maximum atomic E-state index is 2.16. The fourth-order valence-electron chi connectivity index (χ4n) is 1.39. The standard InChI is InChI=1S/C11H10.K.H/c1-9-5-4-7-10-6-2-3-8-11(9)10;;/h2-8H,1H3;;/q;+1;-1. The van der Waals surface area contributed by atoms with Gasteiger partial charge in [0.05, 0.1) is 0 Å². The zero-order valence-corrected chi connectivity index (χ0v) is 10.7. The first-order valence-electron chi connectivity index (χ1n) is 3.82. The van der Waals surface area contributed by atoms with Crippen LogP contribution in [0.25, 0.3) is 10.8 Å². The first-order valence-corrected chi connectivity index (χ1v) is 3.82. The van der Waals surface area contributed by atoms with Crippen molar-refractivity contribution in [1.82, 2.24) is 0 Å². The van der Waals surface area contributed by atoms with Gasteiger partial charge in [-0.15, -0.1) is 0 Å². The van der Waals surface area contributed by atoms with Crippen LogP contribution < -0.4 is 51.4 Å². The molecule has 0 N–H and O–H groups in total. The first-order chi connectivity index (χ1) is 5.38. The average molecular weight is 182 g/mol. The second-order valence-corrected chi connectivity index (χ2v) is 2.80. The first kappa shape index (κ1) is 10.4. The molecule has 0 aliphatic rings. The molecule has 0 bridgehead atoms. The minimum atomic E-state index is 0. The Balaban J connectivity index is 0.000000720. The summed E-state index contributed by atoms with van der Waals surface area (Å²) in [7, 11) is 0. The average Bonchev–Trinajstić information content (AvgIpc) is 2.06. The van der Waals surface area contributed by atoms with Gasteiger partial charge >= 0.3 is 51.4 Å². The number of rotatable bonds is 0. The van der Waals surface area contributed by atoms with Gasteiger partial charge in [0.25, 0.3) is 0 Å². The number of hydrogen-bond acceptors (Lipinski definition) is 0. The van der Waals surface area contributed by atoms with Crippen molar-refractivity contribution in [3.05, 3.63) is 48.0 Å². The van der Waals surface area contributed by atoms with Crippen LogP contribution in [-0.2, 0) is 0 Å². The van der Waals surface area contributed by atoms with Crippen molar-refractivity contribution in [2.45, 2.75) is 6.92 Å². The second kappa shape index (κ2) is 4.54. The molecule has 0 saturated carbocycles. The van der Waals surface area contributed by atoms with Crippen molar-refractivity contribution in [3.63, 3.8) is 0 Å². The molecule has 0 saturated heterocycles. The molecule has 0 nitrogen and oxygen atoms in total. The third-order valence-corrected chi connectivity index (χ3v) is 2.01. The quantitative estimate of drug-likeness (QED) is 0.513. The van der Waals surface area contributed by atoms with Gasteiger partial charge < -0.3 is 1.43 Å². The summed E-state index contributed by atoms with van der Waals surface area (Å²) in [5, 5.41) is 2.68. The summed E-state index contributed by atoms with van der Waals surface area (Å²) < 4.78 is 0. The van der Waals surface area contributed by atoms with Gasteiger partial charge in [0.15, 0.2) is 0 Å². The third kappa shape index (κ3) is 1.98. The van der Waals surface area contributed by atoms with Crippen LogP contribution in [0.1, 0.15) is 6.99 Å². The van der Waals surface area contributed by atoms with Crippen LogP contribution in [-0.4, -0.2) is 0 Å². The van der Waals surface area contributed by atoms with Crippen molar-refractivity contribution in [2.24, 2.45) is 0 Å². The molecule has 2 aromatic rings. The predicted octanol–water partition coefficient (Wildman–Crippen LogP) is 0.265. The van der Waals surface area contributed by atoms with E-state index >= 15 is 0 Å². The fourth-order valence-corrected chi connectivity index (χ4v) is 1.39. The molecule has 0 amide bonds. The maximum absolute atomic E-state index is 2.16. The molecule has 0 atom stereocenters. The van der Waals surface area contributed by atoms with Gasteiger partial charge in [0.1, 0.15) is 0 Å². The van der Waals surface area contributed by atoms with Crippen LogP contribution in [0.4, 0.5) is 0 Å². The van der Waals surface area contributed by atoms with Crippen LogP contribution in [0.3, 0.4) is 0 Å². The molecule has 0 aliphatic heterocycles. The molecule has 0 aliphatic carbocycles. The summed E-state index contributed by atoms with van der Waals surface area (Å²) in [6.07, 6.45) is 0. The van der Waals surface area contributed by atoms with Crippen LogP contribution >= 0.6 is 0 Å². The summed E-state index contributed by atoms with van der Waals surface area (Å²) in [6, 6.07) is 14.8. The van der Waals surface area contributed by atoms with Gasteiger partial charge in [0, 0.05) is 0 Å². The van der Waals surface area contributed by atoms with Crippen molar-refractivity contribution in [3.8, 4) is 0 Å². The van der Waals surface area contributed by atoms with Crippen molar-refractivity contribution >= 4 is 10.8 Å². The molecule has 0 radical (unpaired) electrons. The maximum Gasteiger partial charge on any atom is 1.00 e. The largest absolute Gasteiger partial charge is 1.00 e. The fraction of sp³-hybridized carbons (Fsp3) is 0.0909. The van der Waals surface area contributed by atoms with Crippen LogP contribution in [0.2, 0.25) is 0 Å². The summed E-state index contributed by atoms with van der Waals surface area (Å²) in [4.78, 5) is 0. The normalized spacial score (nSPS) is 9.42. The Labute approximate surface area is 117 Å². The smallest absolute Gasteiger partial charge is 1.00 e. The number of benzene rings is 2. The Hall–Kier alpha value is 0.336. The minimum Gasteiger partial charge on any atom is -1.00 e. The van der Waals surface area contributed by atoms with Crippen molar-refractivity contribution in [2.75, 3.05) is 0 Å². The summed E-state index contributed by atoms with van der Waals surface area (Å²) >= 11 is 0. The van der Waals surface area contributed by atoms with E-state index in [-0.39, 0.29) is 52.8 Å². The van der Waals surface area contributed by atoms with E-state index in [0.717, 1.165) is 0 Å². The van der Waals surface area contributed by atoms with Gasteiger partial charge in [-0.1, -0.05) is 42.5 Å². The zero-order chi connectivity index (χ0) is 7.68. The van der Waals surface area contributed by atoms with Gasteiger partial charge in [-0.05, 0) is 23.3 Å². The molecular formula is C11H11K. The van der Waals surface area contributed by atoms with E-state index in [1.54, 1.807) is 0 Å². The van der Waals surface area contributed by atoms with Crippen molar-refractivity contribution in [1.29, 1.82) is 0 Å². The predicted molar refractivity (Wildman–Crippen MR) is 49.8 cm³/mol. The van der Waals surface area contributed by atoms with Gasteiger partial charge in [-0.3, -0.25) is 0 Å². The Morgan fingerprint density at radius 2 is 1.58 bits per heavy atom. The van der Waals surface area contributed by atoms with Crippen LogP contribution in [0.5, 0.6) is 0 Å². The van der Waals surface area contributed by atoms with E-state index in [4.69, 9.17) is 0 Å². The Morgan fingerprint density at radius 3 is 2.33 bits per heavy atom. The Bertz CT molecular complexity index is 379. The summed E-state index contributed by atoms with van der Waals surface area (Å²) in [6.45, 7) is 2.14. The van der Waals surface area contributed by atoms with Gasteiger partial charge in [-0.2, -0.15) is 0 Å². The topological polar surface area (TPSA) is 0 Å². The molecule has 0 aromatic heterocycles. The second-order valence-electron chi connectivity index (χ2n) is 2.80. The third-order valence-electron chi connectivity index (χ3n) is 2.01. The van der Waals surface area contributed by atoms with E-state index < -0.39 is 0 Å². The summed E-state index contributed by atoms with van der Waals surface area (Å²) in [5.74, 6) is 0. The number of fused-ring (bicyclic) bond motifs is 1. The van der Waals surface area contributed by atoms with Crippen LogP contribution in [0, 0.1) is 6.92 Å². The van der Waals surface area contributed by atoms with E-state index in [1.807, 2.05) is 0 Å². The molecule has 2 aromatic carbocycles. The van der Waals surface area contributed by atoms with Crippen LogP contribution in [0.15, 0.2) is 42.5 Å². The molecular weight excluding hydrogens is 171 g/mol. The van der Waals surface area contributed by atoms with E-state index in [2.05, 4.69) is 49.4 Å². The minimum absolute atomic E-state index is 0. The SMILES string of the molecule is Cc1cccc2ccccc12.[H-].[K+]. The monoisotopic (exact) mass is 182 g/mol. The zero-order valence-electron chi connectivity index (χ0n) is 8.54. The molecule has 0 spiro atoms. The van der Waals surface area contributed by atoms with E-state index in [0.29, 0.717) is 0 Å². The molecule has 2 rings (SSSR count). The molecule has 0 heterocycles. The van der Waals surface area contributed by atoms with Crippen molar-refractivity contribution < 1.29 is 52.8 Å². The molecule has 56 valence electrons. The van der Waals surface area contributed by atoms with E-state index in [1.165, 1.54) is 16.3 Å². The molecule has 12 heavy (non-hydrogen) atoms. The Kier molecular flexibility index (Phi) is 3.94. The number of hydrogen-bond donors (Lipinski definition) is 0. The molecule has 1 heteroatoms. The number of aryl methyl sites for hydroxylation is 1. The van der Waals surface area contributed by atoms with E-state index in [9.17, 15) is 0 Å². The van der Waals surface area contributed by atoms with Gasteiger partial charge in [-0.25, -0.2) is 0 Å². The van der Waals surface area contributed by atoms with Gasteiger partial charge in [0.2, 0.25) is 0 Å². The Morgan fingerprint density at radius 1 is 0.917 bits per heavy atom. The molecule has 0 unspecified atom stereocenters. The molecule has 0 fully saturated rings. The summed E-state index contributed by atoms with van der Waals surface area (Å²) in [5.41, 5.74) is 1.35.